The van der Waals surface area contributed by atoms with Gasteiger partial charge >= 0.3 is 0 Å². The number of hydrogen-bond acceptors (Lipinski definition) is 4. The summed E-state index contributed by atoms with van der Waals surface area (Å²) in [6.07, 6.45) is 2.28. The minimum absolute atomic E-state index is 0.119. The normalized spacial score (nSPS) is 14.6. The number of nitrogens with zero attached hydrogens (tertiary/aromatic N) is 1. The van der Waals surface area contributed by atoms with Gasteiger partial charge in [-0.25, -0.2) is 4.98 Å². The lowest BCUT2D eigenvalue weighted by atomic mass is 9.99. The fourth-order valence-electron chi connectivity index (χ4n) is 1.64. The van der Waals surface area contributed by atoms with Crippen LogP contribution in [0.15, 0.2) is 18.3 Å². The summed E-state index contributed by atoms with van der Waals surface area (Å²) in [6, 6.07) is 3.77. The fraction of sp³-hybridized carbons (Fsp3) is 0.583. The van der Waals surface area contributed by atoms with Crippen molar-refractivity contribution >= 4 is 11.6 Å². The lowest BCUT2D eigenvalue weighted by Gasteiger charge is -2.29. The van der Waals surface area contributed by atoms with Crippen LogP contribution >= 0.6 is 11.6 Å². The first kappa shape index (κ1) is 14.4. The molecule has 0 amide bonds. The van der Waals surface area contributed by atoms with E-state index in [0.717, 1.165) is 5.56 Å². The molecule has 0 aliphatic rings. The molecule has 0 saturated heterocycles. The standard InChI is InChI=1S/C12H19ClN2O2/c1-12(5-7-16,9-17-2)15-8-10-4-3-6-14-11(10)13/h3-4,6,15-16H,5,7-9H2,1-2H3. The summed E-state index contributed by atoms with van der Waals surface area (Å²) in [5, 5.41) is 12.9. The summed E-state index contributed by atoms with van der Waals surface area (Å²) < 4.78 is 5.16. The van der Waals surface area contributed by atoms with E-state index in [1.54, 1.807) is 13.3 Å². The third-order valence-corrected chi connectivity index (χ3v) is 3.01. The van der Waals surface area contributed by atoms with E-state index in [2.05, 4.69) is 10.3 Å². The van der Waals surface area contributed by atoms with Gasteiger partial charge in [-0.15, -0.1) is 0 Å². The maximum absolute atomic E-state index is 9.05. The number of aromatic nitrogens is 1. The Labute approximate surface area is 107 Å². The zero-order valence-corrected chi connectivity index (χ0v) is 11.0. The van der Waals surface area contributed by atoms with Gasteiger partial charge in [0, 0.05) is 37.6 Å². The highest BCUT2D eigenvalue weighted by molar-refractivity contribution is 6.30. The Morgan fingerprint density at radius 1 is 1.59 bits per heavy atom. The lowest BCUT2D eigenvalue weighted by molar-refractivity contribution is 0.0969. The van der Waals surface area contributed by atoms with Gasteiger partial charge in [-0.3, -0.25) is 0 Å². The van der Waals surface area contributed by atoms with Crippen molar-refractivity contribution < 1.29 is 9.84 Å². The summed E-state index contributed by atoms with van der Waals surface area (Å²) in [4.78, 5) is 4.02. The topological polar surface area (TPSA) is 54.4 Å². The summed E-state index contributed by atoms with van der Waals surface area (Å²) in [5.41, 5.74) is 0.678. The van der Waals surface area contributed by atoms with E-state index in [0.29, 0.717) is 24.7 Å². The first-order valence-electron chi connectivity index (χ1n) is 5.55. The minimum atomic E-state index is -0.261. The molecule has 0 saturated carbocycles. The molecular weight excluding hydrogens is 240 g/mol. The highest BCUT2D eigenvalue weighted by atomic mass is 35.5. The summed E-state index contributed by atoms with van der Waals surface area (Å²) >= 11 is 5.98. The smallest absolute Gasteiger partial charge is 0.133 e. The highest BCUT2D eigenvalue weighted by Crippen LogP contribution is 2.15. The number of rotatable bonds is 7. The average molecular weight is 259 g/mol. The molecule has 0 aliphatic heterocycles. The van der Waals surface area contributed by atoms with Crippen molar-refractivity contribution in [3.63, 3.8) is 0 Å². The molecule has 0 spiro atoms. The molecule has 2 N–H and O–H groups in total. The molecule has 17 heavy (non-hydrogen) atoms. The molecule has 1 aromatic heterocycles. The molecular formula is C12H19ClN2O2. The molecule has 0 aliphatic carbocycles. The van der Waals surface area contributed by atoms with E-state index >= 15 is 0 Å². The van der Waals surface area contributed by atoms with Crippen LogP contribution in [0.1, 0.15) is 18.9 Å². The van der Waals surface area contributed by atoms with Crippen LogP contribution in [0.2, 0.25) is 5.15 Å². The summed E-state index contributed by atoms with van der Waals surface area (Å²) in [5.74, 6) is 0. The molecule has 1 rings (SSSR count). The monoisotopic (exact) mass is 258 g/mol. The van der Waals surface area contributed by atoms with Crippen LogP contribution in [-0.2, 0) is 11.3 Å². The molecule has 0 bridgehead atoms. The van der Waals surface area contributed by atoms with Gasteiger partial charge in [0.15, 0.2) is 0 Å². The van der Waals surface area contributed by atoms with E-state index in [-0.39, 0.29) is 12.1 Å². The van der Waals surface area contributed by atoms with Crippen LogP contribution in [0.3, 0.4) is 0 Å². The van der Waals surface area contributed by atoms with Gasteiger partial charge in [0.2, 0.25) is 0 Å². The largest absolute Gasteiger partial charge is 0.396 e. The van der Waals surface area contributed by atoms with Gasteiger partial charge < -0.3 is 15.2 Å². The van der Waals surface area contributed by atoms with Crippen LogP contribution < -0.4 is 5.32 Å². The van der Waals surface area contributed by atoms with Gasteiger partial charge in [0.05, 0.1) is 6.61 Å². The number of halogens is 1. The van der Waals surface area contributed by atoms with E-state index < -0.39 is 0 Å². The SMILES string of the molecule is COCC(C)(CCO)NCc1cccnc1Cl. The van der Waals surface area contributed by atoms with Crippen LogP contribution in [0, 0.1) is 0 Å². The molecule has 0 fully saturated rings. The fourth-order valence-corrected chi connectivity index (χ4v) is 1.82. The van der Waals surface area contributed by atoms with Crippen LogP contribution in [0.4, 0.5) is 0 Å². The Bertz CT molecular complexity index is 341. The Balaban J connectivity index is 2.60. The Hall–Kier alpha value is -0.680. The van der Waals surface area contributed by atoms with Crippen molar-refractivity contribution in [2.24, 2.45) is 0 Å². The molecule has 96 valence electrons. The van der Waals surface area contributed by atoms with Crippen molar-refractivity contribution in [1.29, 1.82) is 0 Å². The molecule has 1 atom stereocenters. The number of methoxy groups -OCH3 is 1. The van der Waals surface area contributed by atoms with E-state index in [4.69, 9.17) is 21.4 Å². The van der Waals surface area contributed by atoms with E-state index in [1.165, 1.54) is 0 Å². The minimum Gasteiger partial charge on any atom is -0.396 e. The molecule has 0 aromatic carbocycles. The second-order valence-electron chi connectivity index (χ2n) is 4.27. The maximum Gasteiger partial charge on any atom is 0.133 e. The first-order chi connectivity index (χ1) is 8.11. The third-order valence-electron chi connectivity index (χ3n) is 2.67. The number of aliphatic hydroxyl groups is 1. The average Bonchev–Trinajstić information content (AvgIpc) is 2.29. The van der Waals surface area contributed by atoms with Crippen molar-refractivity contribution in [2.75, 3.05) is 20.3 Å². The van der Waals surface area contributed by atoms with E-state index in [9.17, 15) is 0 Å². The molecule has 5 heteroatoms. The van der Waals surface area contributed by atoms with Crippen LogP contribution in [0.5, 0.6) is 0 Å². The zero-order chi connectivity index (χ0) is 12.7. The first-order valence-corrected chi connectivity index (χ1v) is 5.93. The molecule has 1 aromatic rings. The van der Waals surface area contributed by atoms with Crippen molar-refractivity contribution in [3.8, 4) is 0 Å². The zero-order valence-electron chi connectivity index (χ0n) is 10.2. The van der Waals surface area contributed by atoms with E-state index in [1.807, 2.05) is 19.1 Å². The van der Waals surface area contributed by atoms with Crippen molar-refractivity contribution in [2.45, 2.75) is 25.4 Å². The van der Waals surface area contributed by atoms with Gasteiger partial charge in [0.25, 0.3) is 0 Å². The van der Waals surface area contributed by atoms with Gasteiger partial charge in [-0.05, 0) is 19.4 Å². The van der Waals surface area contributed by atoms with Crippen molar-refractivity contribution in [3.05, 3.63) is 29.0 Å². The summed E-state index contributed by atoms with van der Waals surface area (Å²) in [6.45, 7) is 3.27. The second-order valence-corrected chi connectivity index (χ2v) is 4.63. The van der Waals surface area contributed by atoms with Crippen LogP contribution in [0.25, 0.3) is 0 Å². The highest BCUT2D eigenvalue weighted by Gasteiger charge is 2.23. The number of nitrogens with one attached hydrogen (secondary N) is 1. The Morgan fingerprint density at radius 3 is 2.94 bits per heavy atom. The Kier molecular flexibility index (Phi) is 5.85. The lowest BCUT2D eigenvalue weighted by Crippen LogP contribution is -2.46. The van der Waals surface area contributed by atoms with Gasteiger partial charge in [0.1, 0.15) is 5.15 Å². The maximum atomic E-state index is 9.05. The second kappa shape index (κ2) is 6.91. The predicted molar refractivity (Wildman–Crippen MR) is 68.1 cm³/mol. The van der Waals surface area contributed by atoms with Crippen LogP contribution in [-0.4, -0.2) is 36.0 Å². The van der Waals surface area contributed by atoms with Gasteiger partial charge in [-0.2, -0.15) is 0 Å². The number of ether oxygens (including phenoxy) is 1. The molecule has 1 heterocycles. The number of aliphatic hydroxyl groups excluding tert-OH is 1. The summed E-state index contributed by atoms with van der Waals surface area (Å²) in [7, 11) is 1.65. The molecule has 1 unspecified atom stereocenters. The quantitative estimate of drug-likeness (QED) is 0.730. The van der Waals surface area contributed by atoms with Crippen molar-refractivity contribution in [1.82, 2.24) is 10.3 Å². The molecule has 0 radical (unpaired) electrons. The molecule has 4 nitrogen and oxygen atoms in total. The number of hydrogen-bond donors (Lipinski definition) is 2. The predicted octanol–water partition coefficient (Wildman–Crippen LogP) is 1.61. The third kappa shape index (κ3) is 4.60. The van der Waals surface area contributed by atoms with Gasteiger partial charge in [-0.1, -0.05) is 17.7 Å². The Morgan fingerprint density at radius 2 is 2.35 bits per heavy atom. The number of pyridine rings is 1.